The Balaban J connectivity index is 2.89. The molecule has 1 heterocycles. The third-order valence-electron chi connectivity index (χ3n) is 2.59. The van der Waals surface area contributed by atoms with E-state index in [4.69, 9.17) is 10.4 Å². The van der Waals surface area contributed by atoms with Gasteiger partial charge in [-0.1, -0.05) is 0 Å². The van der Waals surface area contributed by atoms with Crippen molar-refractivity contribution in [3.63, 3.8) is 0 Å². The van der Waals surface area contributed by atoms with Crippen LogP contribution < -0.4 is 0 Å². The van der Waals surface area contributed by atoms with Gasteiger partial charge >= 0.3 is 5.97 Å². The molecule has 0 saturated heterocycles. The van der Waals surface area contributed by atoms with Crippen molar-refractivity contribution in [1.29, 1.82) is 5.26 Å². The van der Waals surface area contributed by atoms with E-state index in [1.54, 1.807) is 18.3 Å². The number of carboxylic acid groups (broad SMARTS) is 1. The van der Waals surface area contributed by atoms with Gasteiger partial charge in [0, 0.05) is 18.3 Å². The van der Waals surface area contributed by atoms with Crippen molar-refractivity contribution in [3.05, 3.63) is 29.6 Å². The maximum absolute atomic E-state index is 10.9. The maximum Gasteiger partial charge on any atom is 0.317 e. The second-order valence-electron chi connectivity index (χ2n) is 5.08. The molecule has 1 N–H and O–H groups in total. The largest absolute Gasteiger partial charge is 0.480 e. The molecule has 18 heavy (non-hydrogen) atoms. The van der Waals surface area contributed by atoms with Crippen molar-refractivity contribution >= 4 is 5.97 Å². The van der Waals surface area contributed by atoms with Crippen molar-refractivity contribution < 1.29 is 9.90 Å². The van der Waals surface area contributed by atoms with Crippen LogP contribution in [0.1, 0.15) is 32.0 Å². The number of hydrogen-bond acceptors (Lipinski definition) is 4. The Hall–Kier alpha value is -1.93. The highest BCUT2D eigenvalue weighted by molar-refractivity contribution is 5.69. The molecule has 0 fully saturated rings. The van der Waals surface area contributed by atoms with Gasteiger partial charge in [0.05, 0.1) is 6.54 Å². The zero-order valence-corrected chi connectivity index (χ0v) is 10.8. The molecule has 1 rings (SSSR count). The quantitative estimate of drug-likeness (QED) is 0.875. The molecule has 5 nitrogen and oxygen atoms in total. The first kappa shape index (κ1) is 14.1. The summed E-state index contributed by atoms with van der Waals surface area (Å²) in [7, 11) is 0. The molecule has 0 unspecified atom stereocenters. The van der Waals surface area contributed by atoms with E-state index in [0.29, 0.717) is 12.2 Å². The molecule has 1 aromatic heterocycles. The smallest absolute Gasteiger partial charge is 0.317 e. The topological polar surface area (TPSA) is 77.2 Å². The zero-order valence-electron chi connectivity index (χ0n) is 10.8. The summed E-state index contributed by atoms with van der Waals surface area (Å²) in [6, 6.07) is 5.45. The summed E-state index contributed by atoms with van der Waals surface area (Å²) < 4.78 is 0. The highest BCUT2D eigenvalue weighted by Gasteiger charge is 2.23. The molecule has 0 radical (unpaired) electrons. The second kappa shape index (κ2) is 5.61. The summed E-state index contributed by atoms with van der Waals surface area (Å²) in [6.07, 6.45) is 1.56. The molecule has 5 heteroatoms. The average Bonchev–Trinajstić information content (AvgIpc) is 2.26. The minimum atomic E-state index is -0.862. The summed E-state index contributed by atoms with van der Waals surface area (Å²) >= 11 is 0. The molecule has 0 aliphatic carbocycles. The van der Waals surface area contributed by atoms with E-state index < -0.39 is 5.97 Å². The normalized spacial score (nSPS) is 11.3. The van der Waals surface area contributed by atoms with Crippen molar-refractivity contribution in [2.45, 2.75) is 32.9 Å². The summed E-state index contributed by atoms with van der Waals surface area (Å²) in [5.74, 6) is -0.862. The van der Waals surface area contributed by atoms with Crippen LogP contribution >= 0.6 is 0 Å². The fourth-order valence-corrected chi connectivity index (χ4v) is 1.55. The molecular weight excluding hydrogens is 230 g/mol. The van der Waals surface area contributed by atoms with Gasteiger partial charge in [0.2, 0.25) is 0 Å². The third kappa shape index (κ3) is 4.15. The van der Waals surface area contributed by atoms with Crippen molar-refractivity contribution in [2.75, 3.05) is 6.54 Å². The van der Waals surface area contributed by atoms with Gasteiger partial charge in [0.25, 0.3) is 0 Å². The summed E-state index contributed by atoms with van der Waals surface area (Å²) in [5.41, 5.74) is 0.975. The molecule has 0 saturated carbocycles. The van der Waals surface area contributed by atoms with Crippen LogP contribution in [0.2, 0.25) is 0 Å². The van der Waals surface area contributed by atoms with E-state index in [-0.39, 0.29) is 12.1 Å². The van der Waals surface area contributed by atoms with Crippen LogP contribution in [0.25, 0.3) is 0 Å². The molecule has 0 bridgehead atoms. The van der Waals surface area contributed by atoms with Crippen LogP contribution in [0.5, 0.6) is 0 Å². The molecule has 0 atom stereocenters. The lowest BCUT2D eigenvalue weighted by molar-refractivity contribution is -0.139. The number of aromatic nitrogens is 1. The van der Waals surface area contributed by atoms with E-state index >= 15 is 0 Å². The molecule has 0 aromatic carbocycles. The zero-order chi connectivity index (χ0) is 13.8. The fourth-order valence-electron chi connectivity index (χ4n) is 1.55. The van der Waals surface area contributed by atoms with Gasteiger partial charge in [-0.15, -0.1) is 0 Å². The van der Waals surface area contributed by atoms with E-state index in [1.165, 1.54) is 0 Å². The van der Waals surface area contributed by atoms with Crippen LogP contribution in [0, 0.1) is 11.3 Å². The van der Waals surface area contributed by atoms with Gasteiger partial charge in [0.1, 0.15) is 11.8 Å². The third-order valence-corrected chi connectivity index (χ3v) is 2.59. The standard InChI is InChI=1S/C13H17N3O2/c1-13(2,3)16(9-12(17)18)8-10-4-5-15-11(6-10)7-14/h4-6H,8-9H2,1-3H3,(H,17,18). The van der Waals surface area contributed by atoms with E-state index in [9.17, 15) is 4.79 Å². The van der Waals surface area contributed by atoms with E-state index in [2.05, 4.69) is 4.98 Å². The number of hydrogen-bond donors (Lipinski definition) is 1. The number of carbonyl (C=O) groups is 1. The number of nitriles is 1. The first-order chi connectivity index (χ1) is 8.32. The average molecular weight is 247 g/mol. The fraction of sp³-hybridized carbons (Fsp3) is 0.462. The first-order valence-corrected chi connectivity index (χ1v) is 5.65. The van der Waals surface area contributed by atoms with Gasteiger partial charge in [-0.2, -0.15) is 5.26 Å². The molecule has 0 amide bonds. The Morgan fingerprint density at radius 2 is 2.22 bits per heavy atom. The Morgan fingerprint density at radius 1 is 1.56 bits per heavy atom. The molecular formula is C13H17N3O2. The van der Waals surface area contributed by atoms with Gasteiger partial charge < -0.3 is 5.11 Å². The van der Waals surface area contributed by atoms with Crippen LogP contribution in [0.3, 0.4) is 0 Å². The minimum absolute atomic E-state index is 0.0340. The maximum atomic E-state index is 10.9. The molecule has 96 valence electrons. The van der Waals surface area contributed by atoms with Crippen LogP contribution in [-0.4, -0.2) is 33.0 Å². The lowest BCUT2D eigenvalue weighted by Crippen LogP contribution is -2.43. The Morgan fingerprint density at radius 3 is 2.72 bits per heavy atom. The monoisotopic (exact) mass is 247 g/mol. The summed E-state index contributed by atoms with van der Waals surface area (Å²) in [5, 5.41) is 17.7. The Labute approximate surface area is 107 Å². The molecule has 0 aliphatic rings. The number of pyridine rings is 1. The Kier molecular flexibility index (Phi) is 4.40. The van der Waals surface area contributed by atoms with Crippen LogP contribution in [-0.2, 0) is 11.3 Å². The SMILES string of the molecule is CC(C)(C)N(CC(=O)O)Cc1ccnc(C#N)c1. The minimum Gasteiger partial charge on any atom is -0.480 e. The predicted octanol–water partition coefficient (Wildman–Crippen LogP) is 1.64. The Bertz CT molecular complexity index is 472. The van der Waals surface area contributed by atoms with E-state index in [0.717, 1.165) is 5.56 Å². The van der Waals surface area contributed by atoms with Gasteiger partial charge in [-0.05, 0) is 38.5 Å². The molecule has 1 aromatic rings. The first-order valence-electron chi connectivity index (χ1n) is 5.65. The number of rotatable bonds is 4. The van der Waals surface area contributed by atoms with Crippen molar-refractivity contribution in [1.82, 2.24) is 9.88 Å². The number of carboxylic acids is 1. The molecule has 0 spiro atoms. The number of nitrogens with zero attached hydrogens (tertiary/aromatic N) is 3. The van der Waals surface area contributed by atoms with Gasteiger partial charge in [-0.3, -0.25) is 9.69 Å². The second-order valence-corrected chi connectivity index (χ2v) is 5.08. The van der Waals surface area contributed by atoms with Gasteiger partial charge in [0.15, 0.2) is 0 Å². The number of aliphatic carboxylic acids is 1. The summed E-state index contributed by atoms with van der Waals surface area (Å²) in [6.45, 7) is 6.33. The van der Waals surface area contributed by atoms with Crippen LogP contribution in [0.4, 0.5) is 0 Å². The predicted molar refractivity (Wildman–Crippen MR) is 66.8 cm³/mol. The van der Waals surface area contributed by atoms with Crippen LogP contribution in [0.15, 0.2) is 18.3 Å². The highest BCUT2D eigenvalue weighted by Crippen LogP contribution is 2.17. The van der Waals surface area contributed by atoms with Crippen molar-refractivity contribution in [3.8, 4) is 6.07 Å². The van der Waals surface area contributed by atoms with Crippen molar-refractivity contribution in [2.24, 2.45) is 0 Å². The lowest BCUT2D eigenvalue weighted by Gasteiger charge is -2.34. The lowest BCUT2D eigenvalue weighted by atomic mass is 10.0. The molecule has 0 aliphatic heterocycles. The van der Waals surface area contributed by atoms with E-state index in [1.807, 2.05) is 31.7 Å². The van der Waals surface area contributed by atoms with Gasteiger partial charge in [-0.25, -0.2) is 4.98 Å². The highest BCUT2D eigenvalue weighted by atomic mass is 16.4. The summed E-state index contributed by atoms with van der Waals surface area (Å²) in [4.78, 5) is 16.6.